The fourth-order valence-corrected chi connectivity index (χ4v) is 9.84. The Kier molecular flexibility index (Phi) is 12.3. The highest BCUT2D eigenvalue weighted by molar-refractivity contribution is 6.07. The van der Waals surface area contributed by atoms with Gasteiger partial charge in [0, 0.05) is 67.5 Å². The molecule has 4 fully saturated rings. The highest BCUT2D eigenvalue weighted by Crippen LogP contribution is 2.47. The first-order chi connectivity index (χ1) is 30.0. The van der Waals surface area contributed by atoms with Crippen LogP contribution in [-0.2, 0) is 16.6 Å². The number of imide groups is 1. The van der Waals surface area contributed by atoms with Gasteiger partial charge in [-0.3, -0.25) is 29.3 Å². The molecule has 2 aromatic carbocycles. The highest BCUT2D eigenvalue weighted by atomic mass is 19.4. The number of halogens is 3. The second-order valence-electron chi connectivity index (χ2n) is 18.2. The van der Waals surface area contributed by atoms with E-state index < -0.39 is 29.4 Å². The van der Waals surface area contributed by atoms with Crippen LogP contribution in [0, 0.1) is 11.3 Å². The maximum Gasteiger partial charge on any atom is 0.433 e. The Hall–Kier alpha value is -5.55. The van der Waals surface area contributed by atoms with Crippen molar-refractivity contribution in [1.29, 1.82) is 0 Å². The lowest BCUT2D eigenvalue weighted by Crippen LogP contribution is -2.49. The van der Waals surface area contributed by atoms with Gasteiger partial charge in [0.1, 0.15) is 17.1 Å². The molecule has 5 heterocycles. The summed E-state index contributed by atoms with van der Waals surface area (Å²) >= 11 is 0. The predicted molar refractivity (Wildman–Crippen MR) is 230 cm³/mol. The van der Waals surface area contributed by atoms with Crippen LogP contribution in [0.3, 0.4) is 0 Å². The van der Waals surface area contributed by atoms with Gasteiger partial charge in [-0.25, -0.2) is 9.78 Å². The van der Waals surface area contributed by atoms with Crippen LogP contribution in [0.15, 0.2) is 54.7 Å². The topological polar surface area (TPSA) is 162 Å². The lowest BCUT2D eigenvalue weighted by Gasteiger charge is -2.46. The number of hydrogen-bond donors (Lipinski definition) is 3. The number of nitrogens with zero attached hydrogens (tertiary/aromatic N) is 6. The fourth-order valence-electron chi connectivity index (χ4n) is 9.84. The summed E-state index contributed by atoms with van der Waals surface area (Å²) in [5.74, 6) is -0.0646. The number of aromatic nitrogens is 3. The Morgan fingerprint density at radius 3 is 2.35 bits per heavy atom. The molecule has 4 aromatic rings. The summed E-state index contributed by atoms with van der Waals surface area (Å²) < 4.78 is 47.3. The summed E-state index contributed by atoms with van der Waals surface area (Å²) in [6.07, 6.45) is 7.11. The van der Waals surface area contributed by atoms with Crippen molar-refractivity contribution in [3.8, 4) is 5.75 Å². The minimum Gasteiger partial charge on any atom is -0.495 e. The second kappa shape index (κ2) is 17.5. The number of fused-ring (bicyclic) bond motifs is 1. The molecule has 0 unspecified atom stereocenters. The monoisotopic (exact) mass is 872 g/mol. The predicted octanol–water partition coefficient (Wildman–Crippen LogP) is 7.52. The number of likely N-dealkylation sites (tertiary alicyclic amines) is 2. The average Bonchev–Trinajstić information content (AvgIpc) is 3.69. The van der Waals surface area contributed by atoms with Crippen LogP contribution in [0.1, 0.15) is 116 Å². The Bertz CT molecular complexity index is 2370. The van der Waals surface area contributed by atoms with Crippen molar-refractivity contribution >= 4 is 46.0 Å². The van der Waals surface area contributed by atoms with Crippen molar-refractivity contribution in [3.63, 3.8) is 0 Å². The molecule has 336 valence electrons. The zero-order valence-corrected chi connectivity index (χ0v) is 36.0. The van der Waals surface area contributed by atoms with E-state index in [1.807, 2.05) is 15.8 Å². The number of rotatable bonds is 10. The molecule has 3 N–H and O–H groups in total. The van der Waals surface area contributed by atoms with E-state index in [2.05, 4.69) is 20.5 Å². The molecule has 14 nitrogen and oxygen atoms in total. The molecule has 0 bridgehead atoms. The molecular formula is C46H55F3N8O6. The minimum absolute atomic E-state index is 0.0620. The Labute approximate surface area is 364 Å². The van der Waals surface area contributed by atoms with Crippen LogP contribution >= 0.6 is 0 Å². The normalized spacial score (nSPS) is 19.4. The standard InChI is InChI=1S/C46H55F3N8O6/c1-44(2,62)33-27-35-31(25-36(33)51-41(59)34-5-4-6-39(50-34)46(47,48)49)28-57(53-35)32-12-20-54(21-13-32)19-11-29-9-15-45(16-10-29)17-23-55(24-18-45)42(60)30-7-8-38(63-3)37(26-30)56-22-14-40(58)52-43(56)61/h4-8,25-29,32,62H,9-24H2,1-3H3,(H,51,59)(H,52,58,61). The largest absolute Gasteiger partial charge is 0.495 e. The molecule has 0 atom stereocenters. The third-order valence-electron chi connectivity index (χ3n) is 13.7. The number of nitrogens with one attached hydrogen (secondary N) is 2. The van der Waals surface area contributed by atoms with Crippen LogP contribution in [0.25, 0.3) is 10.9 Å². The molecule has 2 aromatic heterocycles. The average molecular weight is 873 g/mol. The number of methoxy groups -OCH3 is 1. The first-order valence-corrected chi connectivity index (χ1v) is 21.9. The number of ether oxygens (including phenoxy) is 1. The molecule has 1 saturated carbocycles. The van der Waals surface area contributed by atoms with E-state index in [0.717, 1.165) is 69.3 Å². The summed E-state index contributed by atoms with van der Waals surface area (Å²) in [4.78, 5) is 60.5. The van der Waals surface area contributed by atoms with Crippen molar-refractivity contribution in [1.82, 2.24) is 29.9 Å². The number of pyridine rings is 1. The van der Waals surface area contributed by atoms with Gasteiger partial charge in [-0.15, -0.1) is 0 Å². The quantitative estimate of drug-likeness (QED) is 0.146. The van der Waals surface area contributed by atoms with E-state index in [0.29, 0.717) is 47.1 Å². The molecule has 1 aliphatic carbocycles. The highest BCUT2D eigenvalue weighted by Gasteiger charge is 2.40. The first-order valence-electron chi connectivity index (χ1n) is 21.9. The van der Waals surface area contributed by atoms with Crippen LogP contribution in [0.4, 0.5) is 29.3 Å². The Morgan fingerprint density at radius 2 is 1.68 bits per heavy atom. The number of carbonyl (C=O) groups excluding carboxylic acids is 4. The lowest BCUT2D eigenvalue weighted by molar-refractivity contribution is -0.141. The van der Waals surface area contributed by atoms with Crippen molar-refractivity contribution in [2.45, 2.75) is 95.9 Å². The maximum atomic E-state index is 13.7. The summed E-state index contributed by atoms with van der Waals surface area (Å²) in [5.41, 5.74) is -0.388. The Balaban J connectivity index is 0.806. The molecule has 17 heteroatoms. The second-order valence-corrected chi connectivity index (χ2v) is 18.2. The molecule has 3 saturated heterocycles. The molecule has 5 amide bonds. The summed E-state index contributed by atoms with van der Waals surface area (Å²) in [5, 5.41) is 21.6. The van der Waals surface area contributed by atoms with Crippen molar-refractivity contribution < 1.29 is 42.2 Å². The van der Waals surface area contributed by atoms with Crippen molar-refractivity contribution in [2.24, 2.45) is 11.3 Å². The number of alkyl halides is 3. The summed E-state index contributed by atoms with van der Waals surface area (Å²) in [6.45, 7) is 7.71. The number of carbonyl (C=O) groups is 4. The van der Waals surface area contributed by atoms with E-state index in [4.69, 9.17) is 9.84 Å². The van der Waals surface area contributed by atoms with Gasteiger partial charge in [-0.05, 0) is 132 Å². The van der Waals surface area contributed by atoms with Gasteiger partial charge >= 0.3 is 12.2 Å². The van der Waals surface area contributed by atoms with Gasteiger partial charge in [0.05, 0.1) is 30.0 Å². The zero-order chi connectivity index (χ0) is 44.7. The van der Waals surface area contributed by atoms with Crippen molar-refractivity contribution in [3.05, 3.63) is 77.2 Å². The third-order valence-corrected chi connectivity index (χ3v) is 13.7. The van der Waals surface area contributed by atoms with Crippen LogP contribution in [0.5, 0.6) is 5.75 Å². The van der Waals surface area contributed by atoms with Gasteiger partial charge in [-0.1, -0.05) is 6.07 Å². The van der Waals surface area contributed by atoms with Crippen LogP contribution in [-0.4, -0.2) is 99.8 Å². The van der Waals surface area contributed by atoms with E-state index >= 15 is 0 Å². The van der Waals surface area contributed by atoms with Gasteiger partial charge in [0.15, 0.2) is 0 Å². The summed E-state index contributed by atoms with van der Waals surface area (Å²) in [7, 11) is 1.51. The minimum atomic E-state index is -4.69. The number of aliphatic hydroxyl groups is 1. The number of piperidine rings is 2. The number of hydrogen-bond acceptors (Lipinski definition) is 9. The molecule has 1 spiro atoms. The van der Waals surface area contributed by atoms with Crippen LogP contribution < -0.4 is 20.3 Å². The van der Waals surface area contributed by atoms with Gasteiger partial charge in [-0.2, -0.15) is 18.3 Å². The molecule has 0 radical (unpaired) electrons. The van der Waals surface area contributed by atoms with E-state index in [1.165, 1.54) is 43.8 Å². The molecular weight excluding hydrogens is 818 g/mol. The van der Waals surface area contributed by atoms with E-state index in [9.17, 15) is 37.5 Å². The van der Waals surface area contributed by atoms with Crippen LogP contribution in [0.2, 0.25) is 0 Å². The van der Waals surface area contributed by atoms with Gasteiger partial charge in [0.25, 0.3) is 11.8 Å². The van der Waals surface area contributed by atoms with Gasteiger partial charge < -0.3 is 25.0 Å². The van der Waals surface area contributed by atoms with E-state index in [1.54, 1.807) is 44.2 Å². The summed E-state index contributed by atoms with van der Waals surface area (Å²) in [6, 6.07) is 11.4. The van der Waals surface area contributed by atoms with E-state index in [-0.39, 0.29) is 47.6 Å². The van der Waals surface area contributed by atoms with Gasteiger partial charge in [0.2, 0.25) is 5.91 Å². The molecule has 8 rings (SSSR count). The zero-order valence-electron chi connectivity index (χ0n) is 36.0. The Morgan fingerprint density at radius 1 is 0.952 bits per heavy atom. The smallest absolute Gasteiger partial charge is 0.433 e. The lowest BCUT2D eigenvalue weighted by atomic mass is 9.65. The fraction of sp³-hybridized carbons (Fsp3) is 0.522. The SMILES string of the molecule is COc1ccc(C(=O)N2CCC3(CCC(CCN4CCC(n5cc6cc(NC(=O)c7cccc(C(F)(F)F)n7)c(C(C)(C)O)cc6n5)CC4)CC3)CC2)cc1N1CCC(=O)NC1=O. The first kappa shape index (κ1) is 44.1. The molecule has 63 heavy (non-hydrogen) atoms. The maximum absolute atomic E-state index is 13.7. The molecule has 4 aliphatic rings. The number of benzene rings is 2. The molecule has 3 aliphatic heterocycles. The number of amides is 5. The van der Waals surface area contributed by atoms with Crippen molar-refractivity contribution in [2.75, 3.05) is 56.6 Å². The third kappa shape index (κ3) is 9.69. The number of anilines is 2. The number of urea groups is 1.